The van der Waals surface area contributed by atoms with Gasteiger partial charge in [-0.15, -0.1) is 0 Å². The van der Waals surface area contributed by atoms with Crippen molar-refractivity contribution in [3.63, 3.8) is 0 Å². The van der Waals surface area contributed by atoms with E-state index < -0.39 is 0 Å². The van der Waals surface area contributed by atoms with Gasteiger partial charge in [-0.25, -0.2) is 0 Å². The molecular weight excluding hydrogens is 238 g/mol. The van der Waals surface area contributed by atoms with Crippen LogP contribution in [0.2, 0.25) is 0 Å². The minimum absolute atomic E-state index is 0.166. The third-order valence-corrected chi connectivity index (χ3v) is 3.56. The molecule has 0 heterocycles. The van der Waals surface area contributed by atoms with Gasteiger partial charge in [-0.05, 0) is 38.3 Å². The zero-order valence-electron chi connectivity index (χ0n) is 11.7. The molecule has 2 rings (SSSR count). The molecule has 1 N–H and O–H groups in total. The van der Waals surface area contributed by atoms with Gasteiger partial charge in [0.1, 0.15) is 5.75 Å². The van der Waals surface area contributed by atoms with Crippen LogP contribution in [-0.4, -0.2) is 18.6 Å². The average Bonchev–Trinajstić information content (AvgIpc) is 2.89. The number of rotatable bonds is 6. The van der Waals surface area contributed by atoms with Crippen molar-refractivity contribution in [2.75, 3.05) is 6.61 Å². The Morgan fingerprint density at radius 3 is 2.63 bits per heavy atom. The van der Waals surface area contributed by atoms with Gasteiger partial charge in [0.2, 0.25) is 5.91 Å². The molecule has 19 heavy (non-hydrogen) atoms. The molecule has 1 aliphatic carbocycles. The smallest absolute Gasteiger partial charge is 0.220 e. The third kappa shape index (κ3) is 4.93. The third-order valence-electron chi connectivity index (χ3n) is 3.56. The molecule has 3 heteroatoms. The number of aryl methyl sites for hydroxylation is 1. The zero-order chi connectivity index (χ0) is 13.5. The lowest BCUT2D eigenvalue weighted by molar-refractivity contribution is -0.122. The van der Waals surface area contributed by atoms with Crippen LogP contribution >= 0.6 is 0 Å². The molecule has 0 aliphatic heterocycles. The largest absolute Gasteiger partial charge is 0.494 e. The average molecular weight is 261 g/mol. The predicted octanol–water partition coefficient (Wildman–Crippen LogP) is 3.21. The second-order valence-corrected chi connectivity index (χ2v) is 5.31. The van der Waals surface area contributed by atoms with E-state index in [0.717, 1.165) is 25.0 Å². The van der Waals surface area contributed by atoms with Crippen molar-refractivity contribution in [3.8, 4) is 5.75 Å². The first-order valence-electron chi connectivity index (χ1n) is 7.23. The fraction of sp³-hybridized carbons (Fsp3) is 0.562. The van der Waals surface area contributed by atoms with E-state index in [1.165, 1.54) is 18.4 Å². The topological polar surface area (TPSA) is 38.3 Å². The van der Waals surface area contributed by atoms with E-state index in [0.29, 0.717) is 19.1 Å². The van der Waals surface area contributed by atoms with Crippen LogP contribution in [0, 0.1) is 6.92 Å². The first kappa shape index (κ1) is 13.9. The number of ether oxygens (including phenoxy) is 1. The van der Waals surface area contributed by atoms with E-state index >= 15 is 0 Å². The number of carbonyl (C=O) groups excluding carboxylic acids is 1. The Balaban J connectivity index is 1.58. The highest BCUT2D eigenvalue weighted by Crippen LogP contribution is 2.17. The molecule has 1 amide bonds. The molecule has 1 aromatic rings. The standard InChI is InChI=1S/C16H23NO2/c1-13-8-10-15(11-9-13)19-12-4-7-16(18)17-14-5-2-3-6-14/h8-11,14H,2-7,12H2,1H3,(H,17,18). The molecule has 0 bridgehead atoms. The van der Waals surface area contributed by atoms with Crippen LogP contribution in [0.25, 0.3) is 0 Å². The molecule has 104 valence electrons. The van der Waals surface area contributed by atoms with Crippen molar-refractivity contribution < 1.29 is 9.53 Å². The van der Waals surface area contributed by atoms with Gasteiger partial charge in [-0.2, -0.15) is 0 Å². The Morgan fingerprint density at radius 2 is 1.95 bits per heavy atom. The molecule has 3 nitrogen and oxygen atoms in total. The van der Waals surface area contributed by atoms with Crippen LogP contribution in [0.3, 0.4) is 0 Å². The first-order valence-corrected chi connectivity index (χ1v) is 7.23. The maximum absolute atomic E-state index is 11.7. The Bertz CT molecular complexity index is 394. The molecule has 1 fully saturated rings. The summed E-state index contributed by atoms with van der Waals surface area (Å²) in [4.78, 5) is 11.7. The van der Waals surface area contributed by atoms with Gasteiger partial charge in [0, 0.05) is 12.5 Å². The van der Waals surface area contributed by atoms with Crippen LogP contribution in [0.5, 0.6) is 5.75 Å². The summed E-state index contributed by atoms with van der Waals surface area (Å²) in [5.74, 6) is 1.04. The van der Waals surface area contributed by atoms with Crippen molar-refractivity contribution >= 4 is 5.91 Å². The zero-order valence-corrected chi connectivity index (χ0v) is 11.7. The van der Waals surface area contributed by atoms with Crippen LogP contribution in [0.1, 0.15) is 44.1 Å². The van der Waals surface area contributed by atoms with Crippen LogP contribution in [0.4, 0.5) is 0 Å². The van der Waals surface area contributed by atoms with E-state index in [2.05, 4.69) is 12.2 Å². The van der Waals surface area contributed by atoms with E-state index in [1.807, 2.05) is 24.3 Å². The number of nitrogens with one attached hydrogen (secondary N) is 1. The normalized spacial score (nSPS) is 15.4. The van der Waals surface area contributed by atoms with Crippen molar-refractivity contribution in [1.29, 1.82) is 0 Å². The van der Waals surface area contributed by atoms with Gasteiger partial charge >= 0.3 is 0 Å². The highest BCUT2D eigenvalue weighted by atomic mass is 16.5. The van der Waals surface area contributed by atoms with Crippen LogP contribution in [0.15, 0.2) is 24.3 Å². The minimum Gasteiger partial charge on any atom is -0.494 e. The van der Waals surface area contributed by atoms with Crippen LogP contribution in [-0.2, 0) is 4.79 Å². The second-order valence-electron chi connectivity index (χ2n) is 5.31. The quantitative estimate of drug-likeness (QED) is 0.798. The SMILES string of the molecule is Cc1ccc(OCCCC(=O)NC2CCCC2)cc1. The Kier molecular flexibility index (Phi) is 5.25. The maximum Gasteiger partial charge on any atom is 0.220 e. The summed E-state index contributed by atoms with van der Waals surface area (Å²) >= 11 is 0. The number of hydrogen-bond donors (Lipinski definition) is 1. The summed E-state index contributed by atoms with van der Waals surface area (Å²) in [7, 11) is 0. The van der Waals surface area contributed by atoms with Crippen molar-refractivity contribution in [2.45, 2.75) is 51.5 Å². The van der Waals surface area contributed by atoms with E-state index in [-0.39, 0.29) is 5.91 Å². The Labute approximate surface area is 115 Å². The fourth-order valence-corrected chi connectivity index (χ4v) is 2.43. The first-order chi connectivity index (χ1) is 9.24. The molecule has 0 spiro atoms. The lowest BCUT2D eigenvalue weighted by Gasteiger charge is -2.12. The summed E-state index contributed by atoms with van der Waals surface area (Å²) in [5.41, 5.74) is 1.23. The predicted molar refractivity (Wildman–Crippen MR) is 76.3 cm³/mol. The van der Waals surface area contributed by atoms with Gasteiger partial charge in [0.25, 0.3) is 0 Å². The second kappa shape index (κ2) is 7.17. The van der Waals surface area contributed by atoms with Gasteiger partial charge in [-0.3, -0.25) is 4.79 Å². The van der Waals surface area contributed by atoms with Gasteiger partial charge in [0.15, 0.2) is 0 Å². The Morgan fingerprint density at radius 1 is 1.26 bits per heavy atom. The molecule has 1 aliphatic rings. The molecule has 1 saturated carbocycles. The summed E-state index contributed by atoms with van der Waals surface area (Å²) in [6, 6.07) is 8.41. The highest BCUT2D eigenvalue weighted by Gasteiger charge is 2.16. The number of carbonyl (C=O) groups is 1. The maximum atomic E-state index is 11.7. The molecule has 0 aromatic heterocycles. The van der Waals surface area contributed by atoms with E-state index in [4.69, 9.17) is 4.74 Å². The highest BCUT2D eigenvalue weighted by molar-refractivity contribution is 5.76. The lowest BCUT2D eigenvalue weighted by Crippen LogP contribution is -2.32. The summed E-state index contributed by atoms with van der Waals surface area (Å²) in [6.45, 7) is 2.65. The summed E-state index contributed by atoms with van der Waals surface area (Å²) < 4.78 is 5.60. The summed E-state index contributed by atoms with van der Waals surface area (Å²) in [6.07, 6.45) is 6.12. The molecule has 1 aromatic carbocycles. The van der Waals surface area contributed by atoms with E-state index in [9.17, 15) is 4.79 Å². The van der Waals surface area contributed by atoms with Gasteiger partial charge < -0.3 is 10.1 Å². The lowest BCUT2D eigenvalue weighted by atomic mass is 10.2. The fourth-order valence-electron chi connectivity index (χ4n) is 2.43. The van der Waals surface area contributed by atoms with Gasteiger partial charge in [0.05, 0.1) is 6.61 Å². The van der Waals surface area contributed by atoms with E-state index in [1.54, 1.807) is 0 Å². The van der Waals surface area contributed by atoms with Crippen LogP contribution < -0.4 is 10.1 Å². The summed E-state index contributed by atoms with van der Waals surface area (Å²) in [5, 5.41) is 3.09. The van der Waals surface area contributed by atoms with Gasteiger partial charge in [-0.1, -0.05) is 30.5 Å². The van der Waals surface area contributed by atoms with Crippen molar-refractivity contribution in [2.24, 2.45) is 0 Å². The molecule has 0 saturated heterocycles. The minimum atomic E-state index is 0.166. The van der Waals surface area contributed by atoms with Crippen molar-refractivity contribution in [3.05, 3.63) is 29.8 Å². The van der Waals surface area contributed by atoms with Crippen molar-refractivity contribution in [1.82, 2.24) is 5.32 Å². The molecular formula is C16H23NO2. The monoisotopic (exact) mass is 261 g/mol. The number of benzene rings is 1. The molecule has 0 unspecified atom stereocenters. The molecule has 0 atom stereocenters. The Hall–Kier alpha value is -1.51. The number of amides is 1. The number of hydrogen-bond acceptors (Lipinski definition) is 2. The molecule has 0 radical (unpaired) electrons.